The van der Waals surface area contributed by atoms with Crippen LogP contribution in [0.3, 0.4) is 0 Å². The van der Waals surface area contributed by atoms with Crippen molar-refractivity contribution in [1.82, 2.24) is 15.0 Å². The summed E-state index contributed by atoms with van der Waals surface area (Å²) in [4.78, 5) is 25.0. The maximum absolute atomic E-state index is 12.4. The van der Waals surface area contributed by atoms with Crippen molar-refractivity contribution < 1.29 is 4.79 Å². The summed E-state index contributed by atoms with van der Waals surface area (Å²) in [7, 11) is 0. The summed E-state index contributed by atoms with van der Waals surface area (Å²) < 4.78 is 0. The van der Waals surface area contributed by atoms with Gasteiger partial charge in [0.25, 0.3) is 5.91 Å². The van der Waals surface area contributed by atoms with E-state index >= 15 is 0 Å². The van der Waals surface area contributed by atoms with Gasteiger partial charge in [-0.15, -0.1) is 11.3 Å². The number of carbonyl (C=O) groups is 1. The first kappa shape index (κ1) is 17.8. The van der Waals surface area contributed by atoms with E-state index in [0.717, 1.165) is 27.6 Å². The minimum atomic E-state index is -0.176. The number of rotatable bonds is 5. The Labute approximate surface area is 166 Å². The Morgan fingerprint density at radius 3 is 2.68 bits per heavy atom. The molecule has 0 unspecified atom stereocenters. The van der Waals surface area contributed by atoms with Crippen molar-refractivity contribution in [3.63, 3.8) is 0 Å². The summed E-state index contributed by atoms with van der Waals surface area (Å²) in [6, 6.07) is 13.0. The topological polar surface area (TPSA) is 79.8 Å². The van der Waals surface area contributed by atoms with E-state index in [9.17, 15) is 4.79 Å². The van der Waals surface area contributed by atoms with Crippen LogP contribution in [0.5, 0.6) is 0 Å². The first-order chi connectivity index (χ1) is 13.7. The summed E-state index contributed by atoms with van der Waals surface area (Å²) >= 11 is 1.52. The van der Waals surface area contributed by atoms with Gasteiger partial charge in [-0.25, -0.2) is 4.98 Å². The molecule has 0 atom stereocenters. The molecule has 28 heavy (non-hydrogen) atoms. The number of hydrogen-bond acceptors (Lipinski definition) is 6. The van der Waals surface area contributed by atoms with Crippen molar-refractivity contribution in [2.45, 2.75) is 6.92 Å². The summed E-state index contributed by atoms with van der Waals surface area (Å²) in [6.07, 6.45) is 6.72. The Kier molecular flexibility index (Phi) is 5.07. The van der Waals surface area contributed by atoms with Crippen molar-refractivity contribution in [2.24, 2.45) is 0 Å². The second-order valence-corrected chi connectivity index (χ2v) is 6.98. The average molecular weight is 387 g/mol. The predicted molar refractivity (Wildman–Crippen MR) is 112 cm³/mol. The first-order valence-electron chi connectivity index (χ1n) is 8.64. The molecule has 0 spiro atoms. The molecule has 4 rings (SSSR count). The van der Waals surface area contributed by atoms with Crippen molar-refractivity contribution in [3.8, 4) is 11.3 Å². The molecule has 0 saturated heterocycles. The van der Waals surface area contributed by atoms with Crippen LogP contribution in [0.15, 0.2) is 72.6 Å². The van der Waals surface area contributed by atoms with Crippen LogP contribution < -0.4 is 10.6 Å². The lowest BCUT2D eigenvalue weighted by molar-refractivity contribution is 0.102. The van der Waals surface area contributed by atoms with Gasteiger partial charge in [0.15, 0.2) is 5.13 Å². The van der Waals surface area contributed by atoms with Crippen LogP contribution in [0.25, 0.3) is 11.3 Å². The van der Waals surface area contributed by atoms with Crippen molar-refractivity contribution in [1.29, 1.82) is 0 Å². The molecule has 138 valence electrons. The molecule has 4 aromatic rings. The van der Waals surface area contributed by atoms with Crippen LogP contribution in [-0.4, -0.2) is 20.9 Å². The molecule has 0 aliphatic rings. The highest BCUT2D eigenvalue weighted by Crippen LogP contribution is 2.29. The number of nitrogens with one attached hydrogen (secondary N) is 2. The molecule has 7 heteroatoms. The lowest BCUT2D eigenvalue weighted by atomic mass is 10.1. The molecule has 0 bridgehead atoms. The maximum atomic E-state index is 12.4. The van der Waals surface area contributed by atoms with E-state index < -0.39 is 0 Å². The third kappa shape index (κ3) is 4.05. The summed E-state index contributed by atoms with van der Waals surface area (Å²) in [5.41, 5.74) is 5.06. The highest BCUT2D eigenvalue weighted by molar-refractivity contribution is 7.14. The lowest BCUT2D eigenvalue weighted by Gasteiger charge is -2.11. The molecule has 3 aromatic heterocycles. The highest BCUT2D eigenvalue weighted by Gasteiger charge is 2.09. The minimum Gasteiger partial charge on any atom is -0.331 e. The lowest BCUT2D eigenvalue weighted by Crippen LogP contribution is -2.12. The zero-order chi connectivity index (χ0) is 19.3. The fourth-order valence-corrected chi connectivity index (χ4v) is 3.37. The standard InChI is InChI=1S/C21H17N5OS/c1-14-4-5-17(24-20(27)15-6-9-22-10-7-15)11-18(14)25-21-26-19(13-28-21)16-3-2-8-23-12-16/h2-13H,1H3,(H,24,27)(H,25,26). The number of nitrogens with zero attached hydrogens (tertiary/aromatic N) is 3. The van der Waals surface area contributed by atoms with E-state index in [1.807, 2.05) is 42.6 Å². The van der Waals surface area contributed by atoms with E-state index in [1.54, 1.807) is 36.9 Å². The number of anilines is 3. The Morgan fingerprint density at radius 2 is 1.89 bits per heavy atom. The summed E-state index contributed by atoms with van der Waals surface area (Å²) in [5, 5.41) is 9.02. The molecule has 0 radical (unpaired) electrons. The van der Waals surface area contributed by atoms with E-state index in [1.165, 1.54) is 11.3 Å². The quantitative estimate of drug-likeness (QED) is 0.509. The number of pyridine rings is 2. The van der Waals surface area contributed by atoms with E-state index in [2.05, 4.69) is 25.6 Å². The number of benzene rings is 1. The fourth-order valence-electron chi connectivity index (χ4n) is 2.63. The Morgan fingerprint density at radius 1 is 1.04 bits per heavy atom. The second kappa shape index (κ2) is 7.98. The zero-order valence-corrected chi connectivity index (χ0v) is 15.9. The fraction of sp³-hybridized carbons (Fsp3) is 0.0476. The number of amides is 1. The van der Waals surface area contributed by atoms with Crippen LogP contribution in [-0.2, 0) is 0 Å². The normalized spacial score (nSPS) is 10.5. The van der Waals surface area contributed by atoms with Gasteiger partial charge in [-0.05, 0) is 48.9 Å². The first-order valence-corrected chi connectivity index (χ1v) is 9.52. The number of aromatic nitrogens is 3. The predicted octanol–water partition coefficient (Wildman–Crippen LogP) is 4.90. The molecule has 0 saturated carbocycles. The van der Waals surface area contributed by atoms with Gasteiger partial charge in [-0.3, -0.25) is 14.8 Å². The second-order valence-electron chi connectivity index (χ2n) is 6.12. The van der Waals surface area contributed by atoms with E-state index in [0.29, 0.717) is 11.3 Å². The van der Waals surface area contributed by atoms with Crippen molar-refractivity contribution in [3.05, 3.63) is 83.8 Å². The van der Waals surface area contributed by atoms with Gasteiger partial charge < -0.3 is 10.6 Å². The van der Waals surface area contributed by atoms with Gasteiger partial charge in [-0.2, -0.15) is 0 Å². The van der Waals surface area contributed by atoms with Crippen LogP contribution in [0.2, 0.25) is 0 Å². The van der Waals surface area contributed by atoms with Gasteiger partial charge in [0.05, 0.1) is 5.69 Å². The number of carbonyl (C=O) groups excluding carboxylic acids is 1. The number of thiazole rings is 1. The van der Waals surface area contributed by atoms with E-state index in [-0.39, 0.29) is 5.91 Å². The van der Waals surface area contributed by atoms with Crippen LogP contribution >= 0.6 is 11.3 Å². The van der Waals surface area contributed by atoms with Gasteiger partial charge in [0.1, 0.15) is 0 Å². The number of aryl methyl sites for hydroxylation is 1. The van der Waals surface area contributed by atoms with E-state index in [4.69, 9.17) is 0 Å². The van der Waals surface area contributed by atoms with Crippen LogP contribution in [0.1, 0.15) is 15.9 Å². The average Bonchev–Trinajstić information content (AvgIpc) is 3.20. The zero-order valence-electron chi connectivity index (χ0n) is 15.1. The summed E-state index contributed by atoms with van der Waals surface area (Å²) in [5.74, 6) is -0.176. The molecule has 2 N–H and O–H groups in total. The van der Waals surface area contributed by atoms with Crippen molar-refractivity contribution in [2.75, 3.05) is 10.6 Å². The number of hydrogen-bond donors (Lipinski definition) is 2. The van der Waals surface area contributed by atoms with Gasteiger partial charge in [0, 0.05) is 52.7 Å². The van der Waals surface area contributed by atoms with Gasteiger partial charge in [0.2, 0.25) is 0 Å². The van der Waals surface area contributed by atoms with Gasteiger partial charge in [-0.1, -0.05) is 6.07 Å². The molecule has 3 heterocycles. The molecule has 1 amide bonds. The molecule has 1 aromatic carbocycles. The Bertz CT molecular complexity index is 1100. The van der Waals surface area contributed by atoms with Gasteiger partial charge >= 0.3 is 0 Å². The molecule has 6 nitrogen and oxygen atoms in total. The minimum absolute atomic E-state index is 0.176. The molecular formula is C21H17N5OS. The summed E-state index contributed by atoms with van der Waals surface area (Å²) in [6.45, 7) is 2.01. The Balaban J connectivity index is 1.52. The monoisotopic (exact) mass is 387 g/mol. The maximum Gasteiger partial charge on any atom is 0.255 e. The third-order valence-corrected chi connectivity index (χ3v) is 4.90. The van der Waals surface area contributed by atoms with Crippen LogP contribution in [0, 0.1) is 6.92 Å². The third-order valence-electron chi connectivity index (χ3n) is 4.14. The van der Waals surface area contributed by atoms with Crippen molar-refractivity contribution >= 4 is 33.8 Å². The molecule has 0 fully saturated rings. The molecular weight excluding hydrogens is 370 g/mol. The van der Waals surface area contributed by atoms with Crippen LogP contribution in [0.4, 0.5) is 16.5 Å². The highest BCUT2D eigenvalue weighted by atomic mass is 32.1. The largest absolute Gasteiger partial charge is 0.331 e. The molecule has 0 aliphatic carbocycles. The smallest absolute Gasteiger partial charge is 0.255 e. The SMILES string of the molecule is Cc1ccc(NC(=O)c2ccncc2)cc1Nc1nc(-c2cccnc2)cs1. The molecule has 0 aliphatic heterocycles. The Hall–Kier alpha value is -3.58.